The van der Waals surface area contributed by atoms with Gasteiger partial charge in [0.2, 0.25) is 20.0 Å². The van der Waals surface area contributed by atoms with Crippen LogP contribution in [0.3, 0.4) is 0 Å². The highest BCUT2D eigenvalue weighted by atomic mass is 32.2. The van der Waals surface area contributed by atoms with Crippen LogP contribution in [-0.4, -0.2) is 43.9 Å². The van der Waals surface area contributed by atoms with Gasteiger partial charge in [0.05, 0.1) is 28.7 Å². The molecule has 0 saturated heterocycles. The van der Waals surface area contributed by atoms with E-state index in [1.54, 1.807) is 30.3 Å². The van der Waals surface area contributed by atoms with E-state index in [1.165, 1.54) is 25.1 Å². The number of nitro groups is 1. The van der Waals surface area contributed by atoms with Crippen molar-refractivity contribution in [2.75, 3.05) is 16.7 Å². The third-order valence-corrected chi connectivity index (χ3v) is 6.85. The maximum absolute atomic E-state index is 12.3. The molecule has 0 amide bonds. The molecule has 3 rings (SSSR count). The number of rotatable bonds is 7. The molecule has 0 spiro atoms. The van der Waals surface area contributed by atoms with E-state index in [0.717, 1.165) is 10.7 Å². The Morgan fingerprint density at radius 2 is 1.87 bits per heavy atom. The van der Waals surface area contributed by atoms with Crippen molar-refractivity contribution in [3.05, 3.63) is 69.8 Å². The topological polar surface area (TPSA) is 139 Å². The van der Waals surface area contributed by atoms with Gasteiger partial charge in [-0.15, -0.1) is 0 Å². The standard InChI is InChI=1S/C18H20N4O6S2/c1-3-30(27,28)20-15-8-4-6-13(10-15)17-12-18(21(19-17)29(2,25)26)14-7-5-9-16(11-14)22(23)24/h4-11,18,20H,3,12H2,1-2H3/t18-/m1/s1. The van der Waals surface area contributed by atoms with Crippen LogP contribution in [0.25, 0.3) is 0 Å². The van der Waals surface area contributed by atoms with E-state index in [0.29, 0.717) is 22.5 Å². The zero-order valence-electron chi connectivity index (χ0n) is 16.2. The Balaban J connectivity index is 1.98. The second kappa shape index (κ2) is 8.03. The number of nitro benzene ring substituents is 1. The third kappa shape index (κ3) is 4.76. The van der Waals surface area contributed by atoms with E-state index in [1.807, 2.05) is 0 Å². The van der Waals surface area contributed by atoms with Crippen LogP contribution in [-0.2, 0) is 20.0 Å². The molecular formula is C18H20N4O6S2. The maximum atomic E-state index is 12.3. The smallest absolute Gasteiger partial charge is 0.269 e. The Morgan fingerprint density at radius 1 is 1.17 bits per heavy atom. The molecule has 1 aliphatic heterocycles. The lowest BCUT2D eigenvalue weighted by Crippen LogP contribution is -2.25. The highest BCUT2D eigenvalue weighted by Crippen LogP contribution is 2.36. The molecule has 10 nitrogen and oxygen atoms in total. The third-order valence-electron chi connectivity index (χ3n) is 4.53. The lowest BCUT2D eigenvalue weighted by Gasteiger charge is -2.21. The number of hydrogen-bond acceptors (Lipinski definition) is 7. The Morgan fingerprint density at radius 3 is 2.50 bits per heavy atom. The molecular weight excluding hydrogens is 432 g/mol. The van der Waals surface area contributed by atoms with Crippen LogP contribution >= 0.6 is 0 Å². The largest absolute Gasteiger partial charge is 0.284 e. The fourth-order valence-electron chi connectivity index (χ4n) is 3.08. The summed E-state index contributed by atoms with van der Waals surface area (Å²) in [5.41, 5.74) is 1.60. The number of hydrogen-bond donors (Lipinski definition) is 1. The van der Waals surface area contributed by atoms with Crippen LogP contribution in [0.4, 0.5) is 11.4 Å². The van der Waals surface area contributed by atoms with E-state index in [4.69, 9.17) is 0 Å². The van der Waals surface area contributed by atoms with Gasteiger partial charge in [-0.3, -0.25) is 14.8 Å². The number of benzene rings is 2. The molecule has 0 aromatic heterocycles. The van der Waals surface area contributed by atoms with Crippen molar-refractivity contribution in [2.45, 2.75) is 19.4 Å². The van der Waals surface area contributed by atoms with Gasteiger partial charge in [0.15, 0.2) is 0 Å². The molecule has 1 heterocycles. The highest BCUT2D eigenvalue weighted by Gasteiger charge is 2.35. The van der Waals surface area contributed by atoms with Gasteiger partial charge >= 0.3 is 0 Å². The summed E-state index contributed by atoms with van der Waals surface area (Å²) in [6, 6.07) is 11.5. The van der Waals surface area contributed by atoms with Crippen LogP contribution in [0.5, 0.6) is 0 Å². The monoisotopic (exact) mass is 452 g/mol. The number of nitrogens with zero attached hydrogens (tertiary/aromatic N) is 3. The molecule has 12 heteroatoms. The van der Waals surface area contributed by atoms with Gasteiger partial charge in [-0.05, 0) is 30.2 Å². The minimum atomic E-state index is -3.75. The summed E-state index contributed by atoms with van der Waals surface area (Å²) in [6.07, 6.45) is 1.19. The number of hydrazone groups is 1. The van der Waals surface area contributed by atoms with Crippen LogP contribution < -0.4 is 4.72 Å². The van der Waals surface area contributed by atoms with E-state index in [2.05, 4.69) is 9.82 Å². The number of anilines is 1. The zero-order valence-corrected chi connectivity index (χ0v) is 17.9. The molecule has 30 heavy (non-hydrogen) atoms. The zero-order chi connectivity index (χ0) is 22.1. The first-order valence-electron chi connectivity index (χ1n) is 8.92. The van der Waals surface area contributed by atoms with Gasteiger partial charge in [-0.1, -0.05) is 24.3 Å². The minimum absolute atomic E-state index is 0.0884. The van der Waals surface area contributed by atoms with Gasteiger partial charge in [0.1, 0.15) is 0 Å². The molecule has 0 aliphatic carbocycles. The van der Waals surface area contributed by atoms with Crippen LogP contribution in [0.15, 0.2) is 53.6 Å². The summed E-state index contributed by atoms with van der Waals surface area (Å²) in [5.74, 6) is -0.0884. The van der Waals surface area contributed by atoms with Crippen molar-refractivity contribution in [1.82, 2.24) is 4.41 Å². The Kier molecular flexibility index (Phi) is 5.81. The van der Waals surface area contributed by atoms with Crippen LogP contribution in [0.2, 0.25) is 0 Å². The lowest BCUT2D eigenvalue weighted by molar-refractivity contribution is -0.384. The summed E-state index contributed by atoms with van der Waals surface area (Å²) in [5, 5.41) is 15.3. The molecule has 0 bridgehead atoms. The summed E-state index contributed by atoms with van der Waals surface area (Å²) >= 11 is 0. The molecule has 2 aromatic carbocycles. The van der Waals surface area contributed by atoms with Crippen LogP contribution in [0.1, 0.15) is 30.5 Å². The molecule has 0 unspecified atom stereocenters. The van der Waals surface area contributed by atoms with E-state index in [-0.39, 0.29) is 17.9 Å². The van der Waals surface area contributed by atoms with Gasteiger partial charge in [-0.2, -0.15) is 9.52 Å². The summed E-state index contributed by atoms with van der Waals surface area (Å²) in [7, 11) is -7.23. The van der Waals surface area contributed by atoms with Crippen molar-refractivity contribution in [2.24, 2.45) is 5.10 Å². The Labute approximate surface area is 174 Å². The fraction of sp³-hybridized carbons (Fsp3) is 0.278. The van der Waals surface area contributed by atoms with E-state index < -0.39 is 31.0 Å². The number of non-ortho nitro benzene ring substituents is 1. The second-order valence-electron chi connectivity index (χ2n) is 6.74. The van der Waals surface area contributed by atoms with Crippen molar-refractivity contribution < 1.29 is 21.8 Å². The first-order chi connectivity index (χ1) is 14.0. The van der Waals surface area contributed by atoms with E-state index >= 15 is 0 Å². The van der Waals surface area contributed by atoms with Crippen molar-refractivity contribution in [3.63, 3.8) is 0 Å². The van der Waals surface area contributed by atoms with Gasteiger partial charge in [0.25, 0.3) is 5.69 Å². The molecule has 0 saturated carbocycles. The molecule has 1 atom stereocenters. The van der Waals surface area contributed by atoms with Crippen molar-refractivity contribution in [1.29, 1.82) is 0 Å². The van der Waals surface area contributed by atoms with Crippen LogP contribution in [0, 0.1) is 10.1 Å². The van der Waals surface area contributed by atoms with Crippen molar-refractivity contribution in [3.8, 4) is 0 Å². The number of nitrogens with one attached hydrogen (secondary N) is 1. The Hall–Kier alpha value is -2.99. The highest BCUT2D eigenvalue weighted by molar-refractivity contribution is 7.92. The van der Waals surface area contributed by atoms with Gasteiger partial charge < -0.3 is 0 Å². The molecule has 1 aliphatic rings. The van der Waals surface area contributed by atoms with Gasteiger partial charge in [0, 0.05) is 24.2 Å². The fourth-order valence-corrected chi connectivity index (χ4v) is 4.61. The average molecular weight is 453 g/mol. The predicted molar refractivity (Wildman–Crippen MR) is 113 cm³/mol. The predicted octanol–water partition coefficient (Wildman–Crippen LogP) is 2.47. The number of sulfonamides is 2. The summed E-state index contributed by atoms with van der Waals surface area (Å²) in [6.45, 7) is 1.51. The Bertz CT molecular complexity index is 1220. The molecule has 1 N–H and O–H groups in total. The summed E-state index contributed by atoms with van der Waals surface area (Å²) < 4.78 is 51.6. The molecule has 160 valence electrons. The molecule has 2 aromatic rings. The normalized spacial score (nSPS) is 16.9. The molecule has 0 radical (unpaired) electrons. The minimum Gasteiger partial charge on any atom is -0.284 e. The SMILES string of the molecule is CCS(=O)(=O)Nc1cccc(C2=NN(S(C)(=O)=O)[C@@H](c3cccc([N+](=O)[O-])c3)C2)c1. The van der Waals surface area contributed by atoms with Gasteiger partial charge in [-0.25, -0.2) is 16.8 Å². The van der Waals surface area contributed by atoms with E-state index in [9.17, 15) is 26.9 Å². The second-order valence-corrected chi connectivity index (χ2v) is 10.6. The average Bonchev–Trinajstić information content (AvgIpc) is 3.14. The maximum Gasteiger partial charge on any atom is 0.269 e. The van der Waals surface area contributed by atoms with Crippen molar-refractivity contribution >= 4 is 37.1 Å². The first-order valence-corrected chi connectivity index (χ1v) is 12.4. The summed E-state index contributed by atoms with van der Waals surface area (Å²) in [4.78, 5) is 10.6. The first kappa shape index (κ1) is 21.7. The molecule has 0 fully saturated rings. The quantitative estimate of drug-likeness (QED) is 0.506. The lowest BCUT2D eigenvalue weighted by atomic mass is 9.98.